The maximum Gasteiger partial charge on any atom is 0.257 e. The van der Waals surface area contributed by atoms with E-state index in [0.29, 0.717) is 43.9 Å². The quantitative estimate of drug-likeness (QED) is 0.790. The van der Waals surface area contributed by atoms with Crippen LogP contribution in [0.2, 0.25) is 0 Å². The third kappa shape index (κ3) is 4.16. The van der Waals surface area contributed by atoms with E-state index in [1.807, 2.05) is 17.0 Å². The van der Waals surface area contributed by atoms with Gasteiger partial charge in [-0.3, -0.25) is 9.69 Å². The van der Waals surface area contributed by atoms with Gasteiger partial charge in [-0.1, -0.05) is 0 Å². The molecule has 2 saturated heterocycles. The molecule has 2 aromatic heterocycles. The molecule has 2 aliphatic heterocycles. The highest BCUT2D eigenvalue weighted by Crippen LogP contribution is 2.17. The average Bonchev–Trinajstić information content (AvgIpc) is 3.22. The lowest BCUT2D eigenvalue weighted by molar-refractivity contribution is 0.0313. The van der Waals surface area contributed by atoms with Crippen LogP contribution in [0.4, 0.5) is 5.82 Å². The number of morpholine rings is 1. The van der Waals surface area contributed by atoms with Crippen molar-refractivity contribution < 1.29 is 13.9 Å². The molecule has 0 unspecified atom stereocenters. The van der Waals surface area contributed by atoms with Crippen molar-refractivity contribution in [3.8, 4) is 6.07 Å². The predicted molar refractivity (Wildman–Crippen MR) is 102 cm³/mol. The summed E-state index contributed by atoms with van der Waals surface area (Å²) in [6.45, 7) is 6.64. The van der Waals surface area contributed by atoms with E-state index in [4.69, 9.17) is 14.4 Å². The molecule has 2 aliphatic rings. The molecule has 4 heterocycles. The molecule has 0 radical (unpaired) electrons. The van der Waals surface area contributed by atoms with Gasteiger partial charge in [0, 0.05) is 45.5 Å². The van der Waals surface area contributed by atoms with Crippen LogP contribution in [0, 0.1) is 11.3 Å². The summed E-state index contributed by atoms with van der Waals surface area (Å²) >= 11 is 0. The SMILES string of the molecule is N#Cc1ccc(N2CCN(C(=O)c3coc(CN4CCOCC4)c3)CC2)nc1. The molecule has 0 N–H and O–H groups in total. The Bertz CT molecular complexity index is 843. The van der Waals surface area contributed by atoms with E-state index in [1.54, 1.807) is 18.5 Å². The number of piperazine rings is 1. The molecule has 146 valence electrons. The molecule has 1 amide bonds. The number of nitrogens with zero attached hydrogens (tertiary/aromatic N) is 5. The van der Waals surface area contributed by atoms with Gasteiger partial charge in [-0.15, -0.1) is 0 Å². The molecular formula is C20H23N5O3. The summed E-state index contributed by atoms with van der Waals surface area (Å²) in [5.41, 5.74) is 1.15. The van der Waals surface area contributed by atoms with Crippen molar-refractivity contribution in [2.75, 3.05) is 57.4 Å². The number of furan rings is 1. The van der Waals surface area contributed by atoms with Gasteiger partial charge in [0.05, 0.1) is 30.9 Å². The van der Waals surface area contributed by atoms with Crippen LogP contribution in [0.3, 0.4) is 0 Å². The summed E-state index contributed by atoms with van der Waals surface area (Å²) in [7, 11) is 0. The van der Waals surface area contributed by atoms with Gasteiger partial charge in [0.25, 0.3) is 5.91 Å². The molecule has 0 saturated carbocycles. The van der Waals surface area contributed by atoms with Crippen molar-refractivity contribution in [2.24, 2.45) is 0 Å². The van der Waals surface area contributed by atoms with Crippen molar-refractivity contribution in [3.05, 3.63) is 47.5 Å². The Morgan fingerprint density at radius 3 is 2.61 bits per heavy atom. The van der Waals surface area contributed by atoms with Crippen molar-refractivity contribution >= 4 is 11.7 Å². The summed E-state index contributed by atoms with van der Waals surface area (Å²) in [6.07, 6.45) is 3.14. The fourth-order valence-electron chi connectivity index (χ4n) is 3.52. The minimum Gasteiger partial charge on any atom is -0.467 e. The van der Waals surface area contributed by atoms with E-state index in [1.165, 1.54) is 0 Å². The van der Waals surface area contributed by atoms with E-state index in [0.717, 1.165) is 37.9 Å². The molecule has 8 nitrogen and oxygen atoms in total. The summed E-state index contributed by atoms with van der Waals surface area (Å²) in [6, 6.07) is 7.54. The number of anilines is 1. The van der Waals surface area contributed by atoms with E-state index in [9.17, 15) is 4.79 Å². The van der Waals surface area contributed by atoms with Crippen molar-refractivity contribution in [1.82, 2.24) is 14.8 Å². The Hall–Kier alpha value is -2.89. The second-order valence-corrected chi connectivity index (χ2v) is 6.99. The van der Waals surface area contributed by atoms with Gasteiger partial charge in [-0.2, -0.15) is 5.26 Å². The first-order valence-electron chi connectivity index (χ1n) is 9.51. The number of hydrogen-bond donors (Lipinski definition) is 0. The van der Waals surface area contributed by atoms with Crippen LogP contribution < -0.4 is 4.90 Å². The first kappa shape index (κ1) is 18.5. The van der Waals surface area contributed by atoms with E-state index in [2.05, 4.69) is 20.9 Å². The Balaban J connectivity index is 1.31. The summed E-state index contributed by atoms with van der Waals surface area (Å²) in [5, 5.41) is 8.87. The van der Waals surface area contributed by atoms with Crippen LogP contribution in [0.25, 0.3) is 0 Å². The van der Waals surface area contributed by atoms with Crippen LogP contribution in [0.15, 0.2) is 35.1 Å². The molecule has 0 aliphatic carbocycles. The average molecular weight is 381 g/mol. The third-order valence-corrected chi connectivity index (χ3v) is 5.15. The Kier molecular flexibility index (Phi) is 5.55. The maximum absolute atomic E-state index is 12.8. The molecule has 0 bridgehead atoms. The molecule has 0 spiro atoms. The number of aromatic nitrogens is 1. The summed E-state index contributed by atoms with van der Waals surface area (Å²) in [4.78, 5) is 23.4. The smallest absolute Gasteiger partial charge is 0.257 e. The highest BCUT2D eigenvalue weighted by atomic mass is 16.5. The number of carbonyl (C=O) groups excluding carboxylic acids is 1. The van der Waals surface area contributed by atoms with Crippen molar-refractivity contribution in [3.63, 3.8) is 0 Å². The van der Waals surface area contributed by atoms with E-state index >= 15 is 0 Å². The van der Waals surface area contributed by atoms with Gasteiger partial charge in [0.15, 0.2) is 0 Å². The first-order valence-corrected chi connectivity index (χ1v) is 9.51. The minimum atomic E-state index is 0.00409. The molecule has 8 heteroatoms. The number of carbonyl (C=O) groups is 1. The monoisotopic (exact) mass is 381 g/mol. The molecule has 28 heavy (non-hydrogen) atoms. The lowest BCUT2D eigenvalue weighted by Crippen LogP contribution is -2.49. The second-order valence-electron chi connectivity index (χ2n) is 6.99. The van der Waals surface area contributed by atoms with Crippen LogP contribution in [0.1, 0.15) is 21.7 Å². The normalized spacial score (nSPS) is 18.1. The largest absolute Gasteiger partial charge is 0.467 e. The van der Waals surface area contributed by atoms with Gasteiger partial charge in [-0.05, 0) is 18.2 Å². The van der Waals surface area contributed by atoms with Crippen LogP contribution in [0.5, 0.6) is 0 Å². The van der Waals surface area contributed by atoms with Crippen molar-refractivity contribution in [2.45, 2.75) is 6.54 Å². The van der Waals surface area contributed by atoms with Gasteiger partial charge < -0.3 is 19.0 Å². The number of hydrogen-bond acceptors (Lipinski definition) is 7. The number of amides is 1. The topological polar surface area (TPSA) is 85.8 Å². The summed E-state index contributed by atoms with van der Waals surface area (Å²) in [5.74, 6) is 1.65. The number of rotatable bonds is 4. The lowest BCUT2D eigenvalue weighted by Gasteiger charge is -2.35. The van der Waals surface area contributed by atoms with E-state index in [-0.39, 0.29) is 5.91 Å². The van der Waals surface area contributed by atoms with Gasteiger partial charge in [0.2, 0.25) is 0 Å². The summed E-state index contributed by atoms with van der Waals surface area (Å²) < 4.78 is 11.0. The number of ether oxygens (including phenoxy) is 1. The molecule has 4 rings (SSSR count). The van der Waals surface area contributed by atoms with Crippen molar-refractivity contribution in [1.29, 1.82) is 5.26 Å². The highest BCUT2D eigenvalue weighted by molar-refractivity contribution is 5.94. The Morgan fingerprint density at radius 1 is 1.14 bits per heavy atom. The van der Waals surface area contributed by atoms with Gasteiger partial charge in [-0.25, -0.2) is 4.98 Å². The zero-order chi connectivity index (χ0) is 19.3. The fraction of sp³-hybridized carbons (Fsp3) is 0.450. The molecule has 2 aromatic rings. The Morgan fingerprint density at radius 2 is 1.93 bits per heavy atom. The standard InChI is InChI=1S/C20H23N5O3/c21-12-16-1-2-19(22-13-16)24-3-5-25(6-4-24)20(26)17-11-18(28-15-17)14-23-7-9-27-10-8-23/h1-2,11,13,15H,3-10,14H2. The third-order valence-electron chi connectivity index (χ3n) is 5.15. The van der Waals surface area contributed by atoms with Gasteiger partial charge in [0.1, 0.15) is 23.9 Å². The molecular weight excluding hydrogens is 358 g/mol. The zero-order valence-electron chi connectivity index (χ0n) is 15.7. The molecule has 0 aromatic carbocycles. The predicted octanol–water partition coefficient (Wildman–Crippen LogP) is 1.34. The van der Waals surface area contributed by atoms with Gasteiger partial charge >= 0.3 is 0 Å². The lowest BCUT2D eigenvalue weighted by atomic mass is 10.2. The van der Waals surface area contributed by atoms with Crippen LogP contribution in [-0.2, 0) is 11.3 Å². The second kappa shape index (κ2) is 8.42. The minimum absolute atomic E-state index is 0.00409. The fourth-order valence-corrected chi connectivity index (χ4v) is 3.52. The molecule has 2 fully saturated rings. The van der Waals surface area contributed by atoms with Crippen LogP contribution >= 0.6 is 0 Å². The number of nitriles is 1. The highest BCUT2D eigenvalue weighted by Gasteiger charge is 2.24. The van der Waals surface area contributed by atoms with E-state index < -0.39 is 0 Å². The van der Waals surface area contributed by atoms with Crippen LogP contribution in [-0.4, -0.2) is 73.2 Å². The Labute approximate surface area is 163 Å². The number of pyridine rings is 1. The first-order chi connectivity index (χ1) is 13.7. The maximum atomic E-state index is 12.8. The zero-order valence-corrected chi connectivity index (χ0v) is 15.7. The molecule has 0 atom stereocenters.